The van der Waals surface area contributed by atoms with Crippen LogP contribution in [0.4, 0.5) is 0 Å². The van der Waals surface area contributed by atoms with Crippen LogP contribution in [0.25, 0.3) is 0 Å². The molecule has 0 aliphatic rings. The van der Waals surface area contributed by atoms with Crippen LogP contribution < -0.4 is 5.73 Å². The van der Waals surface area contributed by atoms with Gasteiger partial charge in [-0.3, -0.25) is 0 Å². The second-order valence-electron chi connectivity index (χ2n) is 4.76. The quantitative estimate of drug-likeness (QED) is 0.834. The second kappa shape index (κ2) is 7.03. The van der Waals surface area contributed by atoms with E-state index in [4.69, 9.17) is 5.73 Å². The molecule has 19 heavy (non-hydrogen) atoms. The molecule has 0 aliphatic heterocycles. The van der Waals surface area contributed by atoms with Gasteiger partial charge in [-0.1, -0.05) is 38.1 Å². The average molecular weight is 284 g/mol. The topological polar surface area (TPSA) is 63.4 Å². The van der Waals surface area contributed by atoms with Gasteiger partial charge in [-0.15, -0.1) is 0 Å². The molecule has 0 amide bonds. The van der Waals surface area contributed by atoms with E-state index in [1.807, 2.05) is 38.1 Å². The van der Waals surface area contributed by atoms with E-state index in [9.17, 15) is 8.42 Å². The van der Waals surface area contributed by atoms with Gasteiger partial charge in [-0.05, 0) is 24.0 Å². The number of hydrogen-bond donors (Lipinski definition) is 1. The van der Waals surface area contributed by atoms with Crippen molar-refractivity contribution in [2.75, 3.05) is 7.05 Å². The van der Waals surface area contributed by atoms with E-state index in [0.29, 0.717) is 6.54 Å². The van der Waals surface area contributed by atoms with Crippen molar-refractivity contribution in [2.24, 2.45) is 5.73 Å². The summed E-state index contributed by atoms with van der Waals surface area (Å²) >= 11 is 0. The molecule has 5 heteroatoms. The molecule has 0 aliphatic carbocycles. The molecule has 1 aromatic rings. The summed E-state index contributed by atoms with van der Waals surface area (Å²) in [6.45, 7) is 4.49. The maximum atomic E-state index is 12.3. The molecule has 0 atom stereocenters. The van der Waals surface area contributed by atoms with Crippen LogP contribution in [-0.4, -0.2) is 25.8 Å². The number of sulfonamides is 1. The first-order chi connectivity index (χ1) is 8.94. The third-order valence-electron chi connectivity index (χ3n) is 3.50. The molecule has 0 unspecified atom stereocenters. The zero-order valence-electron chi connectivity index (χ0n) is 12.0. The lowest BCUT2D eigenvalue weighted by molar-refractivity contribution is 0.349. The van der Waals surface area contributed by atoms with Gasteiger partial charge in [-0.25, -0.2) is 12.7 Å². The van der Waals surface area contributed by atoms with Gasteiger partial charge in [0.2, 0.25) is 10.0 Å². The molecule has 108 valence electrons. The fourth-order valence-corrected chi connectivity index (χ4v) is 3.68. The van der Waals surface area contributed by atoms with E-state index in [0.717, 1.165) is 24.0 Å². The summed E-state index contributed by atoms with van der Waals surface area (Å²) in [5.74, 6) is 0.0465. The maximum absolute atomic E-state index is 12.3. The van der Waals surface area contributed by atoms with Gasteiger partial charge in [0.05, 0.1) is 5.75 Å². The SMILES string of the molecule is CCC(CC)N(C)S(=O)(=O)Cc1ccc(CN)cc1. The van der Waals surface area contributed by atoms with E-state index in [1.165, 1.54) is 4.31 Å². The van der Waals surface area contributed by atoms with Crippen molar-refractivity contribution in [3.8, 4) is 0 Å². The highest BCUT2D eigenvalue weighted by atomic mass is 32.2. The molecule has 0 aromatic heterocycles. The minimum absolute atomic E-state index is 0.0465. The van der Waals surface area contributed by atoms with Crippen molar-refractivity contribution < 1.29 is 8.42 Å². The van der Waals surface area contributed by atoms with Crippen LogP contribution >= 0.6 is 0 Å². The lowest BCUT2D eigenvalue weighted by atomic mass is 10.1. The first-order valence-electron chi connectivity index (χ1n) is 6.68. The van der Waals surface area contributed by atoms with E-state index >= 15 is 0 Å². The van der Waals surface area contributed by atoms with Crippen molar-refractivity contribution in [1.82, 2.24) is 4.31 Å². The van der Waals surface area contributed by atoms with Gasteiger partial charge in [0, 0.05) is 19.6 Å². The van der Waals surface area contributed by atoms with Crippen molar-refractivity contribution in [1.29, 1.82) is 0 Å². The molecule has 0 saturated heterocycles. The molecule has 0 fully saturated rings. The summed E-state index contributed by atoms with van der Waals surface area (Å²) < 4.78 is 26.1. The van der Waals surface area contributed by atoms with Gasteiger partial charge in [-0.2, -0.15) is 0 Å². The number of hydrogen-bond acceptors (Lipinski definition) is 3. The molecule has 0 radical (unpaired) electrons. The zero-order valence-corrected chi connectivity index (χ0v) is 12.8. The summed E-state index contributed by atoms with van der Waals surface area (Å²) in [7, 11) is -1.59. The Morgan fingerprint density at radius 1 is 1.11 bits per heavy atom. The minimum Gasteiger partial charge on any atom is -0.326 e. The summed E-state index contributed by atoms with van der Waals surface area (Å²) in [6.07, 6.45) is 1.66. The van der Waals surface area contributed by atoms with Crippen molar-refractivity contribution in [2.45, 2.75) is 45.0 Å². The van der Waals surface area contributed by atoms with E-state index in [1.54, 1.807) is 7.05 Å². The smallest absolute Gasteiger partial charge is 0.218 e. The van der Waals surface area contributed by atoms with E-state index < -0.39 is 10.0 Å². The molecule has 0 heterocycles. The predicted octanol–water partition coefficient (Wildman–Crippen LogP) is 2.10. The highest BCUT2D eigenvalue weighted by Gasteiger charge is 2.24. The molecule has 0 saturated carbocycles. The van der Waals surface area contributed by atoms with Gasteiger partial charge >= 0.3 is 0 Å². The van der Waals surface area contributed by atoms with Gasteiger partial charge in [0.1, 0.15) is 0 Å². The molecule has 0 bridgehead atoms. The largest absolute Gasteiger partial charge is 0.326 e. The first-order valence-corrected chi connectivity index (χ1v) is 8.29. The Labute approximate surface area is 116 Å². The fourth-order valence-electron chi connectivity index (χ4n) is 2.11. The predicted molar refractivity (Wildman–Crippen MR) is 79.1 cm³/mol. The lowest BCUT2D eigenvalue weighted by Crippen LogP contribution is -2.37. The third kappa shape index (κ3) is 4.30. The monoisotopic (exact) mass is 284 g/mol. The van der Waals surface area contributed by atoms with Crippen molar-refractivity contribution in [3.05, 3.63) is 35.4 Å². The van der Waals surface area contributed by atoms with Gasteiger partial charge in [0.25, 0.3) is 0 Å². The van der Waals surface area contributed by atoms with Gasteiger partial charge < -0.3 is 5.73 Å². The standard InChI is InChI=1S/C14H24N2O2S/c1-4-14(5-2)16(3)19(17,18)11-13-8-6-12(10-15)7-9-13/h6-9,14H,4-5,10-11,15H2,1-3H3. The molecular formula is C14H24N2O2S. The Morgan fingerprint density at radius 3 is 2.00 bits per heavy atom. The van der Waals surface area contributed by atoms with Crippen LogP contribution in [-0.2, 0) is 22.3 Å². The molecule has 4 nitrogen and oxygen atoms in total. The number of rotatable bonds is 7. The molecule has 1 rings (SSSR count). The van der Waals surface area contributed by atoms with Crippen molar-refractivity contribution in [3.63, 3.8) is 0 Å². The highest BCUT2D eigenvalue weighted by Crippen LogP contribution is 2.16. The minimum atomic E-state index is -3.25. The first kappa shape index (κ1) is 16.1. The Bertz CT molecular complexity index is 479. The summed E-state index contributed by atoms with van der Waals surface area (Å²) in [6, 6.07) is 7.50. The zero-order chi connectivity index (χ0) is 14.5. The summed E-state index contributed by atoms with van der Waals surface area (Å²) in [4.78, 5) is 0. The number of nitrogens with two attached hydrogens (primary N) is 1. The second-order valence-corrected chi connectivity index (χ2v) is 6.79. The lowest BCUT2D eigenvalue weighted by Gasteiger charge is -2.25. The summed E-state index contributed by atoms with van der Waals surface area (Å²) in [5.41, 5.74) is 7.33. The molecule has 0 spiro atoms. The average Bonchev–Trinajstić information content (AvgIpc) is 2.40. The molecular weight excluding hydrogens is 260 g/mol. The summed E-state index contributed by atoms with van der Waals surface area (Å²) in [5, 5.41) is 0. The number of benzene rings is 1. The molecule has 1 aromatic carbocycles. The van der Waals surface area contributed by atoms with E-state index in [2.05, 4.69) is 0 Å². The normalized spacial score (nSPS) is 12.3. The van der Waals surface area contributed by atoms with E-state index in [-0.39, 0.29) is 11.8 Å². The van der Waals surface area contributed by atoms with Crippen LogP contribution in [0.3, 0.4) is 0 Å². The van der Waals surface area contributed by atoms with Gasteiger partial charge in [0.15, 0.2) is 0 Å². The fraction of sp³-hybridized carbons (Fsp3) is 0.571. The maximum Gasteiger partial charge on any atom is 0.218 e. The molecule has 2 N–H and O–H groups in total. The Kier molecular flexibility index (Phi) is 5.97. The van der Waals surface area contributed by atoms with Crippen LogP contribution in [0.5, 0.6) is 0 Å². The van der Waals surface area contributed by atoms with Crippen LogP contribution in [0.2, 0.25) is 0 Å². The Morgan fingerprint density at radius 2 is 1.58 bits per heavy atom. The Hall–Kier alpha value is -0.910. The van der Waals surface area contributed by atoms with Crippen LogP contribution in [0, 0.1) is 0 Å². The van der Waals surface area contributed by atoms with Crippen LogP contribution in [0.15, 0.2) is 24.3 Å². The highest BCUT2D eigenvalue weighted by molar-refractivity contribution is 7.88. The third-order valence-corrected chi connectivity index (χ3v) is 5.38. The van der Waals surface area contributed by atoms with Crippen LogP contribution in [0.1, 0.15) is 37.8 Å². The number of nitrogens with zero attached hydrogens (tertiary/aromatic N) is 1. The van der Waals surface area contributed by atoms with Crippen molar-refractivity contribution >= 4 is 10.0 Å². The Balaban J connectivity index is 2.83.